The minimum Gasteiger partial charge on any atom is -0.481 e. The van der Waals surface area contributed by atoms with Gasteiger partial charge in [0.1, 0.15) is 0 Å². The molecule has 1 aliphatic carbocycles. The van der Waals surface area contributed by atoms with Crippen molar-refractivity contribution in [2.45, 2.75) is 30.6 Å². The van der Waals surface area contributed by atoms with E-state index in [1.165, 1.54) is 44.8 Å². The molecule has 2 heterocycles. The fraction of sp³-hybridized carbons (Fsp3) is 0.222. The van der Waals surface area contributed by atoms with Crippen molar-refractivity contribution in [1.82, 2.24) is 5.32 Å². The Bertz CT molecular complexity index is 1360. The SMILES string of the molecule is O=C(O)CCc1cc2c(s1)C=Cc1ccccc1C2=C1CCNCC1.O=S(=O)(O)c1ccccc1. The molecule has 0 radical (unpaired) electrons. The monoisotopic (exact) mass is 509 g/mol. The molecule has 182 valence electrons. The highest BCUT2D eigenvalue weighted by Gasteiger charge is 2.22. The Morgan fingerprint density at radius 2 is 1.63 bits per heavy atom. The molecule has 0 saturated carbocycles. The topological polar surface area (TPSA) is 104 Å². The molecule has 3 N–H and O–H groups in total. The van der Waals surface area contributed by atoms with Gasteiger partial charge in [-0.25, -0.2) is 0 Å². The van der Waals surface area contributed by atoms with Crippen LogP contribution in [0.1, 0.15) is 45.7 Å². The number of hydrogen-bond acceptors (Lipinski definition) is 5. The lowest BCUT2D eigenvalue weighted by Gasteiger charge is -2.21. The second kappa shape index (κ2) is 11.1. The summed E-state index contributed by atoms with van der Waals surface area (Å²) in [5.41, 5.74) is 6.73. The lowest BCUT2D eigenvalue weighted by atomic mass is 9.88. The summed E-state index contributed by atoms with van der Waals surface area (Å²) in [6.45, 7) is 2.06. The van der Waals surface area contributed by atoms with Crippen molar-refractivity contribution in [1.29, 1.82) is 0 Å². The maximum atomic E-state index is 10.9. The van der Waals surface area contributed by atoms with Crippen molar-refractivity contribution in [2.75, 3.05) is 13.1 Å². The lowest BCUT2D eigenvalue weighted by Crippen LogP contribution is -2.24. The van der Waals surface area contributed by atoms with E-state index in [9.17, 15) is 13.2 Å². The molecule has 1 aliphatic heterocycles. The average Bonchev–Trinajstić information content (AvgIpc) is 3.19. The van der Waals surface area contributed by atoms with E-state index in [4.69, 9.17) is 9.66 Å². The Balaban J connectivity index is 0.000000243. The number of nitrogens with one attached hydrogen (secondary N) is 1. The zero-order valence-corrected chi connectivity index (χ0v) is 20.7. The standard InChI is InChI=1S/C21H21NO2S.C6H6O3S/c23-20(24)8-6-16-13-18-19(25-16)7-5-14-3-1-2-4-17(14)21(18)15-9-11-22-12-10-15;7-10(8,9)6-4-2-1-3-5-6/h1-5,7,13,22H,6,8-12H2,(H,23,24);1-5H,(H,7,8,9). The van der Waals surface area contributed by atoms with Crippen LogP contribution in [-0.4, -0.2) is 37.1 Å². The summed E-state index contributed by atoms with van der Waals surface area (Å²) in [4.78, 5) is 13.3. The third kappa shape index (κ3) is 6.35. The average molecular weight is 510 g/mol. The van der Waals surface area contributed by atoms with Crippen molar-refractivity contribution >= 4 is 45.1 Å². The Hall–Kier alpha value is -3.04. The number of thiophene rings is 1. The highest BCUT2D eigenvalue weighted by atomic mass is 32.2. The molecular formula is C27H27NO5S2. The summed E-state index contributed by atoms with van der Waals surface area (Å²) >= 11 is 1.73. The number of fused-ring (bicyclic) bond motifs is 2. The number of hydrogen-bond donors (Lipinski definition) is 3. The van der Waals surface area contributed by atoms with Gasteiger partial charge in [-0.2, -0.15) is 8.42 Å². The van der Waals surface area contributed by atoms with Gasteiger partial charge in [-0.3, -0.25) is 9.35 Å². The van der Waals surface area contributed by atoms with Crippen molar-refractivity contribution in [3.63, 3.8) is 0 Å². The molecule has 2 aromatic carbocycles. The van der Waals surface area contributed by atoms with Gasteiger partial charge in [0.2, 0.25) is 0 Å². The van der Waals surface area contributed by atoms with E-state index >= 15 is 0 Å². The largest absolute Gasteiger partial charge is 0.481 e. The molecule has 0 atom stereocenters. The Morgan fingerprint density at radius 1 is 0.943 bits per heavy atom. The third-order valence-corrected chi connectivity index (χ3v) is 7.94. The Labute approximate surface area is 209 Å². The van der Waals surface area contributed by atoms with Crippen LogP contribution in [0, 0.1) is 0 Å². The van der Waals surface area contributed by atoms with E-state index in [1.54, 1.807) is 29.5 Å². The van der Waals surface area contributed by atoms with Crippen molar-refractivity contribution in [3.8, 4) is 0 Å². The number of carboxylic acids is 1. The first-order valence-corrected chi connectivity index (χ1v) is 13.7. The molecular weight excluding hydrogens is 482 g/mol. The number of carboxylic acid groups (broad SMARTS) is 1. The minimum absolute atomic E-state index is 0.0741. The molecule has 1 saturated heterocycles. The zero-order valence-electron chi connectivity index (χ0n) is 19.1. The van der Waals surface area contributed by atoms with Crippen LogP contribution in [0.2, 0.25) is 0 Å². The summed E-state index contributed by atoms with van der Waals surface area (Å²) in [5, 5.41) is 12.4. The summed E-state index contributed by atoms with van der Waals surface area (Å²) < 4.78 is 29.2. The number of rotatable bonds is 4. The van der Waals surface area contributed by atoms with Gasteiger partial charge in [0, 0.05) is 15.3 Å². The number of aryl methyl sites for hydroxylation is 1. The molecule has 8 heteroatoms. The van der Waals surface area contributed by atoms with E-state index in [-0.39, 0.29) is 11.3 Å². The van der Waals surface area contributed by atoms with Crippen LogP contribution in [0.15, 0.2) is 71.1 Å². The van der Waals surface area contributed by atoms with Crippen LogP contribution in [0.25, 0.3) is 17.7 Å². The molecule has 35 heavy (non-hydrogen) atoms. The van der Waals surface area contributed by atoms with E-state index in [1.807, 2.05) is 0 Å². The van der Waals surface area contributed by atoms with Gasteiger partial charge in [0.25, 0.3) is 10.1 Å². The predicted molar refractivity (Wildman–Crippen MR) is 140 cm³/mol. The van der Waals surface area contributed by atoms with Crippen LogP contribution >= 0.6 is 11.3 Å². The number of benzene rings is 2. The molecule has 1 fully saturated rings. The fourth-order valence-electron chi connectivity index (χ4n) is 4.26. The first-order chi connectivity index (χ1) is 16.8. The summed E-state index contributed by atoms with van der Waals surface area (Å²) in [6, 6.07) is 18.2. The third-order valence-electron chi connectivity index (χ3n) is 5.91. The van der Waals surface area contributed by atoms with Gasteiger partial charge < -0.3 is 10.4 Å². The first-order valence-electron chi connectivity index (χ1n) is 11.4. The molecule has 0 bridgehead atoms. The van der Waals surface area contributed by atoms with Gasteiger partial charge in [-0.15, -0.1) is 11.3 Å². The Kier molecular flexibility index (Phi) is 7.97. The molecule has 3 aromatic rings. The zero-order chi connectivity index (χ0) is 24.8. The molecule has 6 nitrogen and oxygen atoms in total. The second-order valence-electron chi connectivity index (χ2n) is 8.32. The van der Waals surface area contributed by atoms with Crippen molar-refractivity contribution in [2.24, 2.45) is 0 Å². The quantitative estimate of drug-likeness (QED) is 0.320. The summed E-state index contributed by atoms with van der Waals surface area (Å²) in [5.74, 6) is -0.735. The van der Waals surface area contributed by atoms with E-state index < -0.39 is 16.1 Å². The van der Waals surface area contributed by atoms with Crippen molar-refractivity contribution < 1.29 is 22.9 Å². The van der Waals surface area contributed by atoms with Crippen LogP contribution < -0.4 is 5.32 Å². The predicted octanol–water partition coefficient (Wildman–Crippen LogP) is 5.37. The first kappa shape index (κ1) is 25.1. The Morgan fingerprint density at radius 3 is 2.29 bits per heavy atom. The fourth-order valence-corrected chi connectivity index (χ4v) is 5.83. The highest BCUT2D eigenvalue weighted by molar-refractivity contribution is 7.85. The van der Waals surface area contributed by atoms with Crippen LogP contribution in [0.3, 0.4) is 0 Å². The second-order valence-corrected chi connectivity index (χ2v) is 10.9. The van der Waals surface area contributed by atoms with E-state index in [0.29, 0.717) is 6.42 Å². The number of carbonyl (C=O) groups is 1. The van der Waals surface area contributed by atoms with Crippen LogP contribution in [0.5, 0.6) is 0 Å². The van der Waals surface area contributed by atoms with Gasteiger partial charge in [0.05, 0.1) is 11.3 Å². The highest BCUT2D eigenvalue weighted by Crippen LogP contribution is 2.41. The molecule has 5 rings (SSSR count). The summed E-state index contributed by atoms with van der Waals surface area (Å²) in [6.07, 6.45) is 7.33. The van der Waals surface area contributed by atoms with E-state index in [2.05, 4.69) is 47.8 Å². The number of piperidine rings is 1. The molecule has 2 aliphatic rings. The minimum atomic E-state index is -4.00. The summed E-state index contributed by atoms with van der Waals surface area (Å²) in [7, 11) is -4.00. The molecule has 0 amide bonds. The van der Waals surface area contributed by atoms with Gasteiger partial charge >= 0.3 is 5.97 Å². The molecule has 1 aromatic heterocycles. The smallest absolute Gasteiger partial charge is 0.303 e. The maximum absolute atomic E-state index is 10.9. The van der Waals surface area contributed by atoms with Crippen LogP contribution in [0.4, 0.5) is 0 Å². The lowest BCUT2D eigenvalue weighted by molar-refractivity contribution is -0.136. The van der Waals surface area contributed by atoms with Gasteiger partial charge in [-0.1, -0.05) is 54.1 Å². The van der Waals surface area contributed by atoms with Gasteiger partial charge in [0.15, 0.2) is 0 Å². The molecule has 0 unspecified atom stereocenters. The van der Waals surface area contributed by atoms with Crippen LogP contribution in [-0.2, 0) is 21.3 Å². The van der Waals surface area contributed by atoms with Crippen molar-refractivity contribution in [3.05, 3.63) is 92.7 Å². The van der Waals surface area contributed by atoms with E-state index in [0.717, 1.165) is 30.8 Å². The maximum Gasteiger partial charge on any atom is 0.303 e. The van der Waals surface area contributed by atoms with Gasteiger partial charge in [-0.05, 0) is 73.3 Å². The normalized spacial score (nSPS) is 14.9. The number of aliphatic carboxylic acids is 1. The molecule has 0 spiro atoms.